The summed E-state index contributed by atoms with van der Waals surface area (Å²) in [5.74, 6) is -0.180. The molecule has 0 saturated heterocycles. The fourth-order valence-corrected chi connectivity index (χ4v) is 3.27. The number of aromatic nitrogens is 1. The number of fused-ring (bicyclic) bond motifs is 1. The van der Waals surface area contributed by atoms with Gasteiger partial charge in [0.1, 0.15) is 5.82 Å². The molecule has 20 heavy (non-hydrogen) atoms. The van der Waals surface area contributed by atoms with Crippen molar-refractivity contribution in [1.29, 1.82) is 0 Å². The Balaban J connectivity index is 1.93. The molecule has 0 saturated carbocycles. The summed E-state index contributed by atoms with van der Waals surface area (Å²) in [5.41, 5.74) is 10.0. The highest BCUT2D eigenvalue weighted by atomic mass is 19.1. The van der Waals surface area contributed by atoms with Crippen molar-refractivity contribution >= 4 is 0 Å². The zero-order chi connectivity index (χ0) is 14.3. The molecule has 1 aliphatic rings. The second kappa shape index (κ2) is 4.74. The van der Waals surface area contributed by atoms with E-state index >= 15 is 0 Å². The first-order valence-electron chi connectivity index (χ1n) is 7.12. The van der Waals surface area contributed by atoms with Crippen LogP contribution in [0.25, 0.3) is 0 Å². The molecular formula is C17H21FN2. The summed E-state index contributed by atoms with van der Waals surface area (Å²) < 4.78 is 15.5. The SMILES string of the molecule is CC1(C)Cc2c(ccn2Cc2cccc(F)c2)C(N)C1. The van der Waals surface area contributed by atoms with E-state index in [9.17, 15) is 4.39 Å². The van der Waals surface area contributed by atoms with Crippen molar-refractivity contribution in [3.8, 4) is 0 Å². The molecule has 2 aromatic rings. The predicted octanol–water partition coefficient (Wildman–Crippen LogP) is 3.65. The van der Waals surface area contributed by atoms with Crippen molar-refractivity contribution in [2.45, 2.75) is 39.3 Å². The largest absolute Gasteiger partial charge is 0.347 e. The van der Waals surface area contributed by atoms with Gasteiger partial charge in [-0.1, -0.05) is 26.0 Å². The number of rotatable bonds is 2. The van der Waals surface area contributed by atoms with E-state index in [4.69, 9.17) is 5.73 Å². The topological polar surface area (TPSA) is 30.9 Å². The van der Waals surface area contributed by atoms with Gasteiger partial charge >= 0.3 is 0 Å². The molecule has 3 heteroatoms. The fourth-order valence-electron chi connectivity index (χ4n) is 3.27. The lowest BCUT2D eigenvalue weighted by Crippen LogP contribution is -2.30. The van der Waals surface area contributed by atoms with E-state index in [1.54, 1.807) is 12.1 Å². The second-order valence-electron chi connectivity index (χ2n) is 6.63. The summed E-state index contributed by atoms with van der Waals surface area (Å²) in [6.45, 7) is 5.22. The highest BCUT2D eigenvalue weighted by molar-refractivity contribution is 5.31. The third-order valence-corrected chi connectivity index (χ3v) is 4.17. The average molecular weight is 272 g/mol. The van der Waals surface area contributed by atoms with Gasteiger partial charge in [-0.3, -0.25) is 0 Å². The Kier molecular flexibility index (Phi) is 3.17. The van der Waals surface area contributed by atoms with Crippen LogP contribution in [0.1, 0.15) is 43.1 Å². The van der Waals surface area contributed by atoms with E-state index < -0.39 is 0 Å². The molecule has 0 spiro atoms. The molecule has 1 atom stereocenters. The summed E-state index contributed by atoms with van der Waals surface area (Å²) >= 11 is 0. The standard InChI is InChI=1S/C17H21FN2/c1-17(2)9-15(19)14-6-7-20(16(14)10-17)11-12-4-3-5-13(18)8-12/h3-8,15H,9-11,19H2,1-2H3. The zero-order valence-electron chi connectivity index (χ0n) is 12.1. The Morgan fingerprint density at radius 2 is 2.15 bits per heavy atom. The third kappa shape index (κ3) is 2.50. The molecule has 0 bridgehead atoms. The van der Waals surface area contributed by atoms with Crippen LogP contribution in [-0.2, 0) is 13.0 Å². The summed E-state index contributed by atoms with van der Waals surface area (Å²) in [4.78, 5) is 0. The quantitative estimate of drug-likeness (QED) is 0.889. The number of halogens is 1. The minimum absolute atomic E-state index is 0.113. The van der Waals surface area contributed by atoms with Gasteiger partial charge in [-0.25, -0.2) is 4.39 Å². The molecule has 0 amide bonds. The maximum absolute atomic E-state index is 13.3. The first-order valence-corrected chi connectivity index (χ1v) is 7.12. The van der Waals surface area contributed by atoms with Crippen LogP contribution < -0.4 is 5.73 Å². The van der Waals surface area contributed by atoms with Gasteiger partial charge in [0.15, 0.2) is 0 Å². The Bertz CT molecular complexity index is 628. The van der Waals surface area contributed by atoms with Crippen LogP contribution in [0.15, 0.2) is 36.5 Å². The van der Waals surface area contributed by atoms with Crippen LogP contribution in [0.3, 0.4) is 0 Å². The van der Waals surface area contributed by atoms with Gasteiger partial charge < -0.3 is 10.3 Å². The maximum Gasteiger partial charge on any atom is 0.123 e. The molecular weight excluding hydrogens is 251 g/mol. The van der Waals surface area contributed by atoms with Crippen LogP contribution in [0.2, 0.25) is 0 Å². The van der Waals surface area contributed by atoms with Crippen molar-refractivity contribution in [2.24, 2.45) is 11.1 Å². The molecule has 106 valence electrons. The van der Waals surface area contributed by atoms with Gasteiger partial charge in [0.05, 0.1) is 0 Å². The van der Waals surface area contributed by atoms with Gasteiger partial charge in [0, 0.05) is 24.5 Å². The number of hydrogen-bond acceptors (Lipinski definition) is 1. The molecule has 1 unspecified atom stereocenters. The summed E-state index contributed by atoms with van der Waals surface area (Å²) in [7, 11) is 0. The van der Waals surface area contributed by atoms with Crippen molar-refractivity contribution in [3.63, 3.8) is 0 Å². The van der Waals surface area contributed by atoms with E-state index in [0.717, 1.165) is 18.4 Å². The molecule has 3 rings (SSSR count). The van der Waals surface area contributed by atoms with Crippen molar-refractivity contribution in [3.05, 3.63) is 59.2 Å². The van der Waals surface area contributed by atoms with Crippen molar-refractivity contribution < 1.29 is 4.39 Å². The Morgan fingerprint density at radius 1 is 1.35 bits per heavy atom. The van der Waals surface area contributed by atoms with E-state index in [-0.39, 0.29) is 17.3 Å². The van der Waals surface area contributed by atoms with E-state index in [2.05, 4.69) is 30.7 Å². The lowest BCUT2D eigenvalue weighted by Gasteiger charge is -2.34. The summed E-state index contributed by atoms with van der Waals surface area (Å²) in [6, 6.07) is 9.03. The Labute approximate surface area is 119 Å². The van der Waals surface area contributed by atoms with Crippen LogP contribution >= 0.6 is 0 Å². The van der Waals surface area contributed by atoms with Gasteiger partial charge in [0.25, 0.3) is 0 Å². The molecule has 2 nitrogen and oxygen atoms in total. The molecule has 0 fully saturated rings. The van der Waals surface area contributed by atoms with Crippen LogP contribution in [0, 0.1) is 11.2 Å². The van der Waals surface area contributed by atoms with Crippen molar-refractivity contribution in [1.82, 2.24) is 4.57 Å². The van der Waals surface area contributed by atoms with E-state index in [1.807, 2.05) is 6.07 Å². The lowest BCUT2D eigenvalue weighted by atomic mass is 9.74. The number of benzene rings is 1. The molecule has 1 heterocycles. The van der Waals surface area contributed by atoms with Crippen LogP contribution in [0.4, 0.5) is 4.39 Å². The van der Waals surface area contributed by atoms with Crippen LogP contribution in [0.5, 0.6) is 0 Å². The average Bonchev–Trinajstić information content (AvgIpc) is 2.71. The molecule has 0 aliphatic heterocycles. The molecule has 0 radical (unpaired) electrons. The first-order chi connectivity index (χ1) is 9.44. The van der Waals surface area contributed by atoms with E-state index in [0.29, 0.717) is 6.54 Å². The molecule has 1 aliphatic carbocycles. The second-order valence-corrected chi connectivity index (χ2v) is 6.63. The molecule has 1 aromatic carbocycles. The lowest BCUT2D eigenvalue weighted by molar-refractivity contribution is 0.276. The minimum atomic E-state index is -0.180. The maximum atomic E-state index is 13.3. The van der Waals surface area contributed by atoms with Gasteiger partial charge in [-0.15, -0.1) is 0 Å². The predicted molar refractivity (Wildman–Crippen MR) is 79.0 cm³/mol. The summed E-state index contributed by atoms with van der Waals surface area (Å²) in [5, 5.41) is 0. The third-order valence-electron chi connectivity index (χ3n) is 4.17. The van der Waals surface area contributed by atoms with Crippen molar-refractivity contribution in [2.75, 3.05) is 0 Å². The number of hydrogen-bond donors (Lipinski definition) is 1. The van der Waals surface area contributed by atoms with Gasteiger partial charge in [-0.05, 0) is 47.6 Å². The highest BCUT2D eigenvalue weighted by Crippen LogP contribution is 2.40. The highest BCUT2D eigenvalue weighted by Gasteiger charge is 2.32. The monoisotopic (exact) mass is 272 g/mol. The molecule has 1 aromatic heterocycles. The van der Waals surface area contributed by atoms with Gasteiger partial charge in [0.2, 0.25) is 0 Å². The number of nitrogens with two attached hydrogens (primary N) is 1. The number of nitrogens with zero attached hydrogens (tertiary/aromatic N) is 1. The summed E-state index contributed by atoms with van der Waals surface area (Å²) in [6.07, 6.45) is 4.12. The van der Waals surface area contributed by atoms with Gasteiger partial charge in [-0.2, -0.15) is 0 Å². The minimum Gasteiger partial charge on any atom is -0.347 e. The first kappa shape index (κ1) is 13.4. The van der Waals surface area contributed by atoms with E-state index in [1.165, 1.54) is 17.3 Å². The molecule has 2 N–H and O–H groups in total. The van der Waals surface area contributed by atoms with Crippen LogP contribution in [-0.4, -0.2) is 4.57 Å². The Hall–Kier alpha value is -1.61. The smallest absolute Gasteiger partial charge is 0.123 e. The fraction of sp³-hybridized carbons (Fsp3) is 0.412. The Morgan fingerprint density at radius 3 is 2.90 bits per heavy atom. The normalized spacial score (nSPS) is 20.7. The zero-order valence-corrected chi connectivity index (χ0v) is 12.1.